The van der Waals surface area contributed by atoms with Gasteiger partial charge in [-0.05, 0) is 17.7 Å². The molecule has 136 valence electrons. The molecule has 2 amide bonds. The van der Waals surface area contributed by atoms with Crippen molar-refractivity contribution in [2.24, 2.45) is 7.05 Å². The maximum Gasteiger partial charge on any atom is 0.318 e. The van der Waals surface area contributed by atoms with Crippen molar-refractivity contribution in [2.75, 3.05) is 18.1 Å². The van der Waals surface area contributed by atoms with E-state index in [1.807, 2.05) is 6.07 Å². The highest BCUT2D eigenvalue weighted by molar-refractivity contribution is 7.91. The van der Waals surface area contributed by atoms with Crippen LogP contribution in [0.1, 0.15) is 22.7 Å². The molecule has 1 aliphatic heterocycles. The van der Waals surface area contributed by atoms with E-state index in [1.165, 1.54) is 4.90 Å². The van der Waals surface area contributed by atoms with E-state index >= 15 is 0 Å². The number of hydrogen-bond donors (Lipinski definition) is 1. The topological polar surface area (TPSA) is 108 Å². The van der Waals surface area contributed by atoms with Crippen molar-refractivity contribution in [3.63, 3.8) is 0 Å². The van der Waals surface area contributed by atoms with Crippen LogP contribution in [-0.4, -0.2) is 47.2 Å². The molecule has 1 aliphatic rings. The first kappa shape index (κ1) is 17.9. The lowest BCUT2D eigenvalue weighted by molar-refractivity contribution is 0.180. The number of carbonyl (C=O) groups excluding carboxylic acids is 1. The van der Waals surface area contributed by atoms with Crippen LogP contribution in [0.15, 0.2) is 36.7 Å². The molecule has 0 radical (unpaired) electrons. The van der Waals surface area contributed by atoms with Crippen LogP contribution in [0.2, 0.25) is 0 Å². The summed E-state index contributed by atoms with van der Waals surface area (Å²) in [5.41, 5.74) is 2.02. The minimum atomic E-state index is -3.21. The van der Waals surface area contributed by atoms with E-state index in [9.17, 15) is 13.2 Å². The van der Waals surface area contributed by atoms with Gasteiger partial charge in [0.05, 0.1) is 35.4 Å². The summed E-state index contributed by atoms with van der Waals surface area (Å²) >= 11 is 0. The van der Waals surface area contributed by atoms with Crippen molar-refractivity contribution in [1.29, 1.82) is 5.26 Å². The Balaban J connectivity index is 1.74. The highest BCUT2D eigenvalue weighted by Crippen LogP contribution is 2.26. The summed E-state index contributed by atoms with van der Waals surface area (Å²) in [4.78, 5) is 14.2. The van der Waals surface area contributed by atoms with E-state index in [-0.39, 0.29) is 30.6 Å². The molecule has 1 fully saturated rings. The van der Waals surface area contributed by atoms with Crippen molar-refractivity contribution in [2.45, 2.75) is 12.6 Å². The van der Waals surface area contributed by atoms with Crippen LogP contribution in [-0.2, 0) is 23.4 Å². The maximum absolute atomic E-state index is 12.7. The van der Waals surface area contributed by atoms with Crippen LogP contribution in [0.4, 0.5) is 4.79 Å². The van der Waals surface area contributed by atoms with Gasteiger partial charge in [-0.15, -0.1) is 0 Å². The second-order valence-electron chi connectivity index (χ2n) is 6.24. The van der Waals surface area contributed by atoms with Gasteiger partial charge >= 0.3 is 6.03 Å². The Morgan fingerprint density at radius 3 is 2.96 bits per heavy atom. The number of aromatic nitrogens is 2. The van der Waals surface area contributed by atoms with Crippen molar-refractivity contribution in [3.05, 3.63) is 53.3 Å². The fourth-order valence-corrected chi connectivity index (χ4v) is 4.46. The van der Waals surface area contributed by atoms with Crippen molar-refractivity contribution >= 4 is 15.9 Å². The number of nitrogens with zero attached hydrogens (tertiary/aromatic N) is 4. The largest absolute Gasteiger partial charge is 0.334 e. The maximum atomic E-state index is 12.7. The third-order valence-electron chi connectivity index (χ3n) is 4.30. The SMILES string of the molecule is Cn1cc(C2CS(=O)(=O)CCN2C(=O)NCc2cccc(C#N)c2)cn1. The number of urea groups is 1. The summed E-state index contributed by atoms with van der Waals surface area (Å²) < 4.78 is 25.7. The minimum absolute atomic E-state index is 0.0545. The predicted molar refractivity (Wildman–Crippen MR) is 94.7 cm³/mol. The zero-order valence-electron chi connectivity index (χ0n) is 14.3. The number of carbonyl (C=O) groups is 1. The standard InChI is InChI=1S/C17H19N5O3S/c1-21-11-15(10-20-21)16-12-26(24,25)6-5-22(16)17(23)19-9-14-4-2-3-13(7-14)8-18/h2-4,7,10-11,16H,5-6,9,12H2,1H3,(H,19,23). The number of hydrogen-bond acceptors (Lipinski definition) is 5. The molecule has 1 N–H and O–H groups in total. The van der Waals surface area contributed by atoms with E-state index in [0.29, 0.717) is 11.1 Å². The van der Waals surface area contributed by atoms with E-state index < -0.39 is 15.9 Å². The van der Waals surface area contributed by atoms with Crippen LogP contribution in [0.25, 0.3) is 0 Å². The Morgan fingerprint density at radius 2 is 2.27 bits per heavy atom. The van der Waals surface area contributed by atoms with Crippen molar-refractivity contribution < 1.29 is 13.2 Å². The molecule has 0 spiro atoms. The second kappa shape index (κ2) is 7.17. The number of rotatable bonds is 3. The monoisotopic (exact) mass is 373 g/mol. The third-order valence-corrected chi connectivity index (χ3v) is 5.93. The van der Waals surface area contributed by atoms with E-state index in [0.717, 1.165) is 5.56 Å². The molecule has 1 aromatic carbocycles. The molecule has 1 atom stereocenters. The summed E-state index contributed by atoms with van der Waals surface area (Å²) in [6.45, 7) is 0.392. The lowest BCUT2D eigenvalue weighted by atomic mass is 10.1. The van der Waals surface area contributed by atoms with E-state index in [4.69, 9.17) is 5.26 Å². The number of sulfone groups is 1. The molecule has 1 aromatic heterocycles. The van der Waals surface area contributed by atoms with Crippen LogP contribution < -0.4 is 5.32 Å². The zero-order chi connectivity index (χ0) is 18.7. The van der Waals surface area contributed by atoms with Crippen LogP contribution in [0.5, 0.6) is 0 Å². The summed E-state index contributed by atoms with van der Waals surface area (Å²) in [6, 6.07) is 8.14. The number of amides is 2. The molecule has 2 aromatic rings. The number of aryl methyl sites for hydroxylation is 1. The highest BCUT2D eigenvalue weighted by atomic mass is 32.2. The van der Waals surface area contributed by atoms with Gasteiger partial charge in [0, 0.05) is 31.9 Å². The molecule has 0 saturated carbocycles. The molecule has 8 nitrogen and oxygen atoms in total. The Bertz CT molecular complexity index is 961. The Morgan fingerprint density at radius 1 is 1.46 bits per heavy atom. The second-order valence-corrected chi connectivity index (χ2v) is 8.47. The summed E-state index contributed by atoms with van der Waals surface area (Å²) in [5, 5.41) is 15.8. The minimum Gasteiger partial charge on any atom is -0.334 e. The normalized spacial score (nSPS) is 18.9. The first-order valence-corrected chi connectivity index (χ1v) is 9.92. The number of nitriles is 1. The molecule has 1 saturated heterocycles. The van der Waals surface area contributed by atoms with Crippen molar-refractivity contribution in [3.8, 4) is 6.07 Å². The van der Waals surface area contributed by atoms with Crippen LogP contribution >= 0.6 is 0 Å². The predicted octanol–water partition coefficient (Wildman–Crippen LogP) is 0.973. The van der Waals surface area contributed by atoms with E-state index in [1.54, 1.807) is 42.3 Å². The van der Waals surface area contributed by atoms with Gasteiger partial charge in [0.25, 0.3) is 0 Å². The average molecular weight is 373 g/mol. The first-order chi connectivity index (χ1) is 12.4. The number of nitrogens with one attached hydrogen (secondary N) is 1. The Labute approximate surface area is 151 Å². The third kappa shape index (κ3) is 4.03. The van der Waals surface area contributed by atoms with Gasteiger partial charge in [0.2, 0.25) is 0 Å². The molecule has 0 aliphatic carbocycles. The molecular formula is C17H19N5O3S. The lowest BCUT2D eigenvalue weighted by Gasteiger charge is -2.35. The first-order valence-electron chi connectivity index (χ1n) is 8.10. The molecule has 2 heterocycles. The van der Waals surface area contributed by atoms with Crippen molar-refractivity contribution in [1.82, 2.24) is 20.0 Å². The van der Waals surface area contributed by atoms with Gasteiger partial charge in [-0.3, -0.25) is 4.68 Å². The van der Waals surface area contributed by atoms with Crippen LogP contribution in [0.3, 0.4) is 0 Å². The van der Waals surface area contributed by atoms with Gasteiger partial charge in [-0.25, -0.2) is 13.2 Å². The fraction of sp³-hybridized carbons (Fsp3) is 0.353. The smallest absolute Gasteiger partial charge is 0.318 e. The fourth-order valence-electron chi connectivity index (χ4n) is 2.97. The Kier molecular flexibility index (Phi) is 4.95. The van der Waals surface area contributed by atoms with E-state index in [2.05, 4.69) is 16.5 Å². The lowest BCUT2D eigenvalue weighted by Crippen LogP contribution is -2.49. The average Bonchev–Trinajstić information content (AvgIpc) is 3.05. The summed E-state index contributed by atoms with van der Waals surface area (Å²) in [5.74, 6) is -0.170. The summed E-state index contributed by atoms with van der Waals surface area (Å²) in [7, 11) is -1.46. The highest BCUT2D eigenvalue weighted by Gasteiger charge is 2.35. The molecule has 3 rings (SSSR count). The summed E-state index contributed by atoms with van der Waals surface area (Å²) in [6.07, 6.45) is 3.31. The Hall–Kier alpha value is -2.86. The molecule has 0 bridgehead atoms. The van der Waals surface area contributed by atoms with Gasteiger partial charge in [-0.1, -0.05) is 12.1 Å². The zero-order valence-corrected chi connectivity index (χ0v) is 15.1. The van der Waals surface area contributed by atoms with Gasteiger partial charge in [-0.2, -0.15) is 10.4 Å². The van der Waals surface area contributed by atoms with Crippen LogP contribution in [0, 0.1) is 11.3 Å². The molecular weight excluding hydrogens is 354 g/mol. The van der Waals surface area contributed by atoms with Gasteiger partial charge < -0.3 is 10.2 Å². The number of benzene rings is 1. The van der Waals surface area contributed by atoms with Gasteiger partial charge in [0.15, 0.2) is 9.84 Å². The molecule has 9 heteroatoms. The molecule has 1 unspecified atom stereocenters. The quantitative estimate of drug-likeness (QED) is 0.862. The van der Waals surface area contributed by atoms with Gasteiger partial charge in [0.1, 0.15) is 0 Å². The molecule has 26 heavy (non-hydrogen) atoms.